The Morgan fingerprint density at radius 2 is 0.849 bits per heavy atom. The summed E-state index contributed by atoms with van der Waals surface area (Å²) in [5.41, 5.74) is 10.8. The number of carbonyl (C=O) groups is 2. The number of rotatable bonds is 7. The maximum Gasteiger partial charge on any atom is 0.407 e. The van der Waals surface area contributed by atoms with Crippen molar-refractivity contribution in [1.82, 2.24) is 20.4 Å². The van der Waals surface area contributed by atoms with Gasteiger partial charge in [0.1, 0.15) is 11.2 Å². The zero-order chi connectivity index (χ0) is 38.6. The highest BCUT2D eigenvalue weighted by Crippen LogP contribution is 2.27. The van der Waals surface area contributed by atoms with Gasteiger partial charge in [-0.3, -0.25) is 0 Å². The number of ether oxygens (including phenoxy) is 2. The summed E-state index contributed by atoms with van der Waals surface area (Å²) in [7, 11) is 0. The van der Waals surface area contributed by atoms with Gasteiger partial charge >= 0.3 is 12.2 Å². The van der Waals surface area contributed by atoms with Gasteiger partial charge in [-0.2, -0.15) is 0 Å². The van der Waals surface area contributed by atoms with Crippen LogP contribution in [0.25, 0.3) is 0 Å². The van der Waals surface area contributed by atoms with Gasteiger partial charge < -0.3 is 41.4 Å². The van der Waals surface area contributed by atoms with Gasteiger partial charge in [0.25, 0.3) is 0 Å². The molecule has 3 aliphatic carbocycles. The zero-order valence-electron chi connectivity index (χ0n) is 34.3. The van der Waals surface area contributed by atoms with Crippen molar-refractivity contribution in [2.75, 3.05) is 36.8 Å². The van der Waals surface area contributed by atoms with Gasteiger partial charge in [0.05, 0.1) is 0 Å². The molecule has 0 aromatic rings. The number of nitrogens with zero attached hydrogens (tertiary/aromatic N) is 2. The molecule has 2 heterocycles. The molecule has 0 radical (unpaired) electrons. The molecule has 5 rings (SSSR count). The SMILES string of the molecule is BrCCCCBr.CC(C)(C)OC(=O)NC1CCC(N)CC1.CC(C)(C)OC(=O)NC1CCC(N2CCCC2)CC1.Cl.NC1CCC(N2CCCC2)CC1. The topological polar surface area (TPSA) is 135 Å². The lowest BCUT2D eigenvalue weighted by atomic mass is 9.90. The van der Waals surface area contributed by atoms with Crippen LogP contribution in [0, 0.1) is 0 Å². The van der Waals surface area contributed by atoms with Gasteiger partial charge in [-0.1, -0.05) is 31.9 Å². The Labute approximate surface area is 347 Å². The lowest BCUT2D eigenvalue weighted by Crippen LogP contribution is -2.44. The first-order valence-electron chi connectivity index (χ1n) is 20.7. The second-order valence-electron chi connectivity index (χ2n) is 17.5. The van der Waals surface area contributed by atoms with E-state index in [0.717, 1.165) is 61.3 Å². The lowest BCUT2D eigenvalue weighted by molar-refractivity contribution is 0.0473. The fourth-order valence-corrected chi connectivity index (χ4v) is 8.46. The van der Waals surface area contributed by atoms with Crippen LogP contribution in [-0.4, -0.2) is 106 Å². The number of amides is 2. The Bertz CT molecular complexity index is 948. The number of alkyl carbamates (subject to hydrolysis) is 2. The average Bonchev–Trinajstić information content (AvgIpc) is 3.81. The molecule has 0 unspecified atom stereocenters. The van der Waals surface area contributed by atoms with Crippen LogP contribution in [0.4, 0.5) is 9.59 Å². The van der Waals surface area contributed by atoms with Crippen molar-refractivity contribution < 1.29 is 19.1 Å². The summed E-state index contributed by atoms with van der Waals surface area (Å²) < 4.78 is 10.5. The minimum Gasteiger partial charge on any atom is -0.444 e. The second-order valence-corrected chi connectivity index (χ2v) is 19.1. The van der Waals surface area contributed by atoms with Crippen LogP contribution >= 0.6 is 44.3 Å². The third-order valence-corrected chi connectivity index (χ3v) is 11.6. The quantitative estimate of drug-likeness (QED) is 0.147. The van der Waals surface area contributed by atoms with Crippen LogP contribution in [0.2, 0.25) is 0 Å². The third kappa shape index (κ3) is 24.1. The number of unbranched alkanes of at least 4 members (excludes halogenated alkanes) is 1. The summed E-state index contributed by atoms with van der Waals surface area (Å²) in [4.78, 5) is 28.5. The van der Waals surface area contributed by atoms with Crippen LogP contribution in [0.3, 0.4) is 0 Å². The number of nitrogens with two attached hydrogens (primary N) is 2. The largest absolute Gasteiger partial charge is 0.444 e. The second kappa shape index (κ2) is 27.3. The van der Waals surface area contributed by atoms with E-state index < -0.39 is 11.2 Å². The summed E-state index contributed by atoms with van der Waals surface area (Å²) in [6.07, 6.45) is 21.2. The van der Waals surface area contributed by atoms with Crippen molar-refractivity contribution in [1.29, 1.82) is 0 Å². The molecule has 0 aromatic carbocycles. The molecule has 5 fully saturated rings. The Hall–Kier alpha value is -0.370. The summed E-state index contributed by atoms with van der Waals surface area (Å²) in [6.45, 7) is 16.5. The van der Waals surface area contributed by atoms with E-state index in [-0.39, 0.29) is 30.6 Å². The molecule has 6 N–H and O–H groups in total. The van der Waals surface area contributed by atoms with Gasteiger partial charge in [-0.15, -0.1) is 12.4 Å². The smallest absolute Gasteiger partial charge is 0.407 e. The molecule has 13 heteroatoms. The molecule has 0 aromatic heterocycles. The van der Waals surface area contributed by atoms with E-state index >= 15 is 0 Å². The van der Waals surface area contributed by atoms with Crippen molar-refractivity contribution >= 4 is 56.5 Å². The molecule has 314 valence electrons. The number of hydrogen-bond acceptors (Lipinski definition) is 8. The molecular weight excluding hydrogens is 824 g/mol. The molecule has 2 saturated heterocycles. The van der Waals surface area contributed by atoms with Crippen molar-refractivity contribution in [3.05, 3.63) is 0 Å². The predicted octanol–water partition coefficient (Wildman–Crippen LogP) is 9.03. The monoisotopic (exact) mass is 900 g/mol. The minimum absolute atomic E-state index is 0. The Balaban J connectivity index is 0.000000373. The van der Waals surface area contributed by atoms with Crippen molar-refractivity contribution in [3.63, 3.8) is 0 Å². The summed E-state index contributed by atoms with van der Waals surface area (Å²) in [5.74, 6) is 0. The fourth-order valence-electron chi connectivity index (χ4n) is 7.67. The Morgan fingerprint density at radius 1 is 0.566 bits per heavy atom. The molecule has 10 nitrogen and oxygen atoms in total. The number of likely N-dealkylation sites (tertiary alicyclic amines) is 2. The van der Waals surface area contributed by atoms with Gasteiger partial charge in [-0.05, 0) is 183 Å². The molecule has 53 heavy (non-hydrogen) atoms. The molecule has 5 aliphatic rings. The first-order valence-corrected chi connectivity index (χ1v) is 22.9. The lowest BCUT2D eigenvalue weighted by Gasteiger charge is -2.35. The first kappa shape index (κ1) is 50.6. The standard InChI is InChI=1S/C15H28N2O2.C11H22N2O2.C10H20N2.C4H8Br2.ClH/c1-15(2,3)19-14(18)16-12-6-8-13(9-7-12)17-10-4-5-11-17;1-11(2,3)15-10(14)13-9-6-4-8(12)5-7-9;11-9-3-5-10(6-4-9)12-7-1-2-8-12;5-3-1-2-4-6;/h12-13H,4-11H2,1-3H3,(H,16,18);8-9H,4-7,12H2,1-3H3,(H,13,14);9-10H,1-8,11H2;1-4H2;1H. The average molecular weight is 903 g/mol. The Kier molecular flexibility index (Phi) is 26.1. The molecule has 2 aliphatic heterocycles. The van der Waals surface area contributed by atoms with Crippen LogP contribution in [-0.2, 0) is 9.47 Å². The molecule has 0 spiro atoms. The summed E-state index contributed by atoms with van der Waals surface area (Å²) in [5, 5.41) is 8.16. The van der Waals surface area contributed by atoms with Crippen molar-refractivity contribution in [3.8, 4) is 0 Å². The van der Waals surface area contributed by atoms with Gasteiger partial charge in [-0.25, -0.2) is 9.59 Å². The van der Waals surface area contributed by atoms with Crippen LogP contribution in [0.5, 0.6) is 0 Å². The molecular formula is C40H79Br2ClN6O4. The van der Waals surface area contributed by atoms with Crippen LogP contribution in [0.1, 0.15) is 157 Å². The first-order chi connectivity index (χ1) is 24.6. The van der Waals surface area contributed by atoms with Crippen molar-refractivity contribution in [2.45, 2.75) is 205 Å². The number of halogens is 3. The fraction of sp³-hybridized carbons (Fsp3) is 0.950. The summed E-state index contributed by atoms with van der Waals surface area (Å²) >= 11 is 6.66. The predicted molar refractivity (Wildman–Crippen MR) is 231 cm³/mol. The number of alkyl halides is 2. The third-order valence-electron chi connectivity index (χ3n) is 10.5. The highest BCUT2D eigenvalue weighted by Gasteiger charge is 2.29. The van der Waals surface area contributed by atoms with Crippen LogP contribution < -0.4 is 22.1 Å². The molecule has 3 saturated carbocycles. The highest BCUT2D eigenvalue weighted by atomic mass is 79.9. The summed E-state index contributed by atoms with van der Waals surface area (Å²) in [6, 6.07) is 2.98. The van der Waals surface area contributed by atoms with E-state index in [2.05, 4.69) is 52.3 Å². The Morgan fingerprint density at radius 3 is 1.15 bits per heavy atom. The van der Waals surface area contributed by atoms with E-state index in [1.54, 1.807) is 0 Å². The maximum atomic E-state index is 11.7. The molecule has 0 atom stereocenters. The van der Waals surface area contributed by atoms with Gasteiger partial charge in [0.2, 0.25) is 0 Å². The minimum atomic E-state index is -0.421. The van der Waals surface area contributed by atoms with E-state index in [0.29, 0.717) is 18.1 Å². The van der Waals surface area contributed by atoms with Crippen molar-refractivity contribution in [2.24, 2.45) is 11.5 Å². The number of nitrogens with one attached hydrogen (secondary N) is 2. The van der Waals surface area contributed by atoms with Crippen LogP contribution in [0.15, 0.2) is 0 Å². The highest BCUT2D eigenvalue weighted by molar-refractivity contribution is 9.09. The zero-order valence-corrected chi connectivity index (χ0v) is 38.3. The molecule has 0 bridgehead atoms. The van der Waals surface area contributed by atoms with E-state index in [4.69, 9.17) is 20.9 Å². The number of hydrogen-bond donors (Lipinski definition) is 4. The molecule has 2 amide bonds. The maximum absolute atomic E-state index is 11.7. The van der Waals surface area contributed by atoms with Gasteiger partial charge in [0.15, 0.2) is 0 Å². The number of carbonyl (C=O) groups excluding carboxylic acids is 2. The van der Waals surface area contributed by atoms with E-state index in [1.165, 1.54) is 103 Å². The van der Waals surface area contributed by atoms with E-state index in [1.807, 2.05) is 41.5 Å². The van der Waals surface area contributed by atoms with Gasteiger partial charge in [0, 0.05) is 46.9 Å². The van der Waals surface area contributed by atoms with E-state index in [9.17, 15) is 9.59 Å². The normalized spacial score (nSPS) is 28.0.